The van der Waals surface area contributed by atoms with Crippen LogP contribution < -0.4 is 10.9 Å². The van der Waals surface area contributed by atoms with Crippen LogP contribution >= 0.6 is 0 Å². The fourth-order valence-electron chi connectivity index (χ4n) is 4.38. The number of carbonyl (C=O) groups excluding carboxylic acids is 1. The molecule has 4 rings (SSSR count). The largest absolute Gasteiger partial charge is 0.501 e. The molecule has 2 aliphatic heterocycles. The Kier molecular flexibility index (Phi) is 7.39. The summed E-state index contributed by atoms with van der Waals surface area (Å²) in [6, 6.07) is 3.05. The zero-order valence-electron chi connectivity index (χ0n) is 21.0. The molecule has 1 amide bonds. The van der Waals surface area contributed by atoms with Crippen LogP contribution in [-0.2, 0) is 43.5 Å². The third-order valence-corrected chi connectivity index (χ3v) is 9.71. The first-order chi connectivity index (χ1) is 17.6. The first-order valence-electron chi connectivity index (χ1n) is 11.6. The van der Waals surface area contributed by atoms with Gasteiger partial charge in [-0.2, -0.15) is 8.61 Å². The molecule has 2 aliphatic rings. The number of rotatable bonds is 6. The summed E-state index contributed by atoms with van der Waals surface area (Å²) in [5.41, 5.74) is -2.32. The van der Waals surface area contributed by atoms with Crippen LogP contribution in [0.15, 0.2) is 27.9 Å². The van der Waals surface area contributed by atoms with E-state index >= 15 is 0 Å². The van der Waals surface area contributed by atoms with Gasteiger partial charge in [0.1, 0.15) is 17.2 Å². The number of aromatic hydroxyl groups is 1. The van der Waals surface area contributed by atoms with Gasteiger partial charge in [0.25, 0.3) is 11.5 Å². The van der Waals surface area contributed by atoms with Crippen LogP contribution in [0.25, 0.3) is 0 Å². The molecule has 1 aromatic heterocycles. The van der Waals surface area contributed by atoms with Crippen molar-refractivity contribution >= 4 is 26.0 Å². The molecule has 2 N–H and O–H groups in total. The van der Waals surface area contributed by atoms with Crippen molar-refractivity contribution in [2.24, 2.45) is 0 Å². The maximum atomic E-state index is 14.1. The molecule has 0 unspecified atom stereocenters. The number of carbonyl (C=O) groups is 1. The van der Waals surface area contributed by atoms with Gasteiger partial charge < -0.3 is 15.2 Å². The lowest BCUT2D eigenvalue weighted by molar-refractivity contribution is -0.0566. The Morgan fingerprint density at radius 3 is 2.39 bits per heavy atom. The van der Waals surface area contributed by atoms with E-state index in [1.54, 1.807) is 13.8 Å². The van der Waals surface area contributed by atoms with Gasteiger partial charge in [0.05, 0.1) is 24.3 Å². The van der Waals surface area contributed by atoms with Gasteiger partial charge in [-0.15, -0.1) is 0 Å². The number of halogens is 1. The summed E-state index contributed by atoms with van der Waals surface area (Å²) in [5, 5.41) is 12.8. The SMILES string of the molecule is CC1(C)OCCn2c1nc(C(=O)NCc1ccc(F)cc1S(=O)(=O)N1CCN(S(C)(=O)=O)CC1)c(O)c2=O. The molecule has 13 nitrogen and oxygen atoms in total. The molecule has 0 saturated carbocycles. The Balaban J connectivity index is 1.59. The highest BCUT2D eigenvalue weighted by Crippen LogP contribution is 2.28. The van der Waals surface area contributed by atoms with Crippen LogP contribution in [0.1, 0.15) is 35.7 Å². The van der Waals surface area contributed by atoms with Gasteiger partial charge in [0.15, 0.2) is 5.69 Å². The fourth-order valence-corrected chi connectivity index (χ4v) is 6.86. The van der Waals surface area contributed by atoms with Crippen LogP contribution in [0, 0.1) is 5.82 Å². The number of hydrogen-bond acceptors (Lipinski definition) is 9. The number of hydrogen-bond donors (Lipinski definition) is 2. The molecule has 0 aliphatic carbocycles. The molecule has 1 saturated heterocycles. The van der Waals surface area contributed by atoms with Crippen LogP contribution in [0.2, 0.25) is 0 Å². The Labute approximate surface area is 218 Å². The Morgan fingerprint density at radius 1 is 1.13 bits per heavy atom. The van der Waals surface area contributed by atoms with Gasteiger partial charge in [0.2, 0.25) is 25.8 Å². The Hall–Kier alpha value is -2.92. The topological polar surface area (TPSA) is 168 Å². The Bertz CT molecular complexity index is 1550. The molecule has 0 atom stereocenters. The molecule has 38 heavy (non-hydrogen) atoms. The zero-order chi connectivity index (χ0) is 28.0. The highest BCUT2D eigenvalue weighted by Gasteiger charge is 2.35. The average Bonchev–Trinajstić information content (AvgIpc) is 2.84. The smallest absolute Gasteiger partial charge is 0.296 e. The maximum Gasteiger partial charge on any atom is 0.296 e. The average molecular weight is 574 g/mol. The quantitative estimate of drug-likeness (QED) is 0.465. The standard InChI is InChI=1S/C22H28FN5O8S2/c1-22(2)21-25-17(18(29)20(31)28(21)10-11-36-22)19(30)24-13-14-4-5-15(23)12-16(14)38(34,35)27-8-6-26(7-9-27)37(3,32)33/h4-5,12,29H,6-11,13H2,1-3H3,(H,24,30). The molecular weight excluding hydrogens is 545 g/mol. The van der Waals surface area contributed by atoms with E-state index in [4.69, 9.17) is 4.74 Å². The van der Waals surface area contributed by atoms with Crippen molar-refractivity contribution in [3.05, 3.63) is 51.5 Å². The van der Waals surface area contributed by atoms with Crippen molar-refractivity contribution in [2.45, 2.75) is 37.4 Å². The van der Waals surface area contributed by atoms with E-state index in [9.17, 15) is 35.9 Å². The fraction of sp³-hybridized carbons (Fsp3) is 0.500. The van der Waals surface area contributed by atoms with Gasteiger partial charge in [0, 0.05) is 32.7 Å². The number of piperazine rings is 1. The third kappa shape index (κ3) is 5.31. The molecule has 0 spiro atoms. The molecule has 0 radical (unpaired) electrons. The highest BCUT2D eigenvalue weighted by molar-refractivity contribution is 7.89. The number of amides is 1. The van der Waals surface area contributed by atoms with Crippen molar-refractivity contribution < 1.29 is 35.9 Å². The van der Waals surface area contributed by atoms with Gasteiger partial charge in [-0.25, -0.2) is 26.2 Å². The van der Waals surface area contributed by atoms with Gasteiger partial charge in [-0.05, 0) is 31.5 Å². The first kappa shape index (κ1) is 28.1. The van der Waals surface area contributed by atoms with Crippen molar-refractivity contribution in [3.63, 3.8) is 0 Å². The van der Waals surface area contributed by atoms with E-state index in [0.717, 1.165) is 27.0 Å². The zero-order valence-corrected chi connectivity index (χ0v) is 22.6. The van der Waals surface area contributed by atoms with Crippen LogP contribution in [0.4, 0.5) is 4.39 Å². The molecule has 0 bridgehead atoms. The third-order valence-electron chi connectivity index (χ3n) is 6.43. The lowest BCUT2D eigenvalue weighted by Gasteiger charge is -2.33. The van der Waals surface area contributed by atoms with Gasteiger partial charge in [-0.1, -0.05) is 6.07 Å². The first-order valence-corrected chi connectivity index (χ1v) is 14.9. The second-order valence-electron chi connectivity index (χ2n) is 9.45. The number of benzene rings is 1. The second-order valence-corrected chi connectivity index (χ2v) is 13.3. The molecule has 16 heteroatoms. The van der Waals surface area contributed by atoms with E-state index in [1.165, 1.54) is 10.6 Å². The minimum atomic E-state index is -4.25. The number of aromatic nitrogens is 2. The van der Waals surface area contributed by atoms with Crippen molar-refractivity contribution in [3.8, 4) is 5.75 Å². The van der Waals surface area contributed by atoms with Gasteiger partial charge in [-0.3, -0.25) is 14.2 Å². The molecular formula is C22H28FN5O8S2. The van der Waals surface area contributed by atoms with E-state index < -0.39 is 65.8 Å². The Morgan fingerprint density at radius 2 is 1.76 bits per heavy atom. The van der Waals surface area contributed by atoms with Crippen LogP contribution in [0.5, 0.6) is 5.75 Å². The summed E-state index contributed by atoms with van der Waals surface area (Å²) in [5.74, 6) is -2.48. The number of sulfonamides is 2. The highest BCUT2D eigenvalue weighted by atomic mass is 32.2. The van der Waals surface area contributed by atoms with E-state index in [1.807, 2.05) is 0 Å². The lowest BCUT2D eigenvalue weighted by atomic mass is 10.1. The number of nitrogens with zero attached hydrogens (tertiary/aromatic N) is 4. The molecule has 2 aromatic rings. The number of ether oxygens (including phenoxy) is 1. The summed E-state index contributed by atoms with van der Waals surface area (Å²) in [6.45, 7) is 2.92. The lowest BCUT2D eigenvalue weighted by Crippen LogP contribution is -2.50. The predicted octanol–water partition coefficient (Wildman–Crippen LogP) is -0.451. The summed E-state index contributed by atoms with van der Waals surface area (Å²) in [6.07, 6.45) is 1.03. The van der Waals surface area contributed by atoms with E-state index in [0.29, 0.717) is 0 Å². The van der Waals surface area contributed by atoms with Gasteiger partial charge >= 0.3 is 0 Å². The minimum absolute atomic E-state index is 0.0446. The van der Waals surface area contributed by atoms with Crippen molar-refractivity contribution in [1.82, 2.24) is 23.5 Å². The maximum absolute atomic E-state index is 14.1. The summed E-state index contributed by atoms with van der Waals surface area (Å²) >= 11 is 0. The van der Waals surface area contributed by atoms with Crippen LogP contribution in [-0.4, -0.2) is 85.1 Å². The molecule has 1 fully saturated rings. The molecule has 1 aromatic carbocycles. The number of fused-ring (bicyclic) bond motifs is 1. The minimum Gasteiger partial charge on any atom is -0.501 e. The van der Waals surface area contributed by atoms with Crippen LogP contribution in [0.3, 0.4) is 0 Å². The summed E-state index contributed by atoms with van der Waals surface area (Å²) in [4.78, 5) is 29.3. The summed E-state index contributed by atoms with van der Waals surface area (Å²) in [7, 11) is -7.75. The van der Waals surface area contributed by atoms with E-state index in [-0.39, 0.29) is 50.7 Å². The summed E-state index contributed by atoms with van der Waals surface area (Å²) < 4.78 is 73.3. The van der Waals surface area contributed by atoms with Crippen molar-refractivity contribution in [1.29, 1.82) is 0 Å². The molecule has 3 heterocycles. The predicted molar refractivity (Wildman–Crippen MR) is 132 cm³/mol. The second kappa shape index (κ2) is 10.00. The number of nitrogens with one attached hydrogen (secondary N) is 1. The normalized spacial score (nSPS) is 18.6. The monoisotopic (exact) mass is 573 g/mol. The van der Waals surface area contributed by atoms with Crippen molar-refractivity contribution in [2.75, 3.05) is 39.0 Å². The molecule has 208 valence electrons. The van der Waals surface area contributed by atoms with E-state index in [2.05, 4.69) is 10.3 Å².